The molecule has 0 spiro atoms. The van der Waals surface area contributed by atoms with Crippen LogP contribution in [0.25, 0.3) is 0 Å². The summed E-state index contributed by atoms with van der Waals surface area (Å²) in [6.45, 7) is 2.89. The van der Waals surface area contributed by atoms with Crippen LogP contribution in [0.4, 0.5) is 0 Å². The number of pyridine rings is 1. The number of rotatable bonds is 5. The maximum Gasteiger partial charge on any atom is 0.142 e. The lowest BCUT2D eigenvalue weighted by Crippen LogP contribution is -2.18. The predicted octanol–water partition coefficient (Wildman–Crippen LogP) is 1.14. The molecule has 0 aromatic carbocycles. The second kappa shape index (κ2) is 5.59. The normalized spacial score (nSPS) is 12.4. The third-order valence-corrected chi connectivity index (χ3v) is 2.77. The Kier molecular flexibility index (Phi) is 3.88. The van der Waals surface area contributed by atoms with E-state index in [9.17, 15) is 0 Å². The number of nitrogens with two attached hydrogens (primary N) is 1. The summed E-state index contributed by atoms with van der Waals surface area (Å²) in [6.07, 6.45) is 6.03. The molecule has 0 aliphatic rings. The predicted molar refractivity (Wildman–Crippen MR) is 67.1 cm³/mol. The van der Waals surface area contributed by atoms with E-state index in [1.165, 1.54) is 0 Å². The molecule has 2 heterocycles. The lowest BCUT2D eigenvalue weighted by atomic mass is 10.1. The summed E-state index contributed by atoms with van der Waals surface area (Å²) >= 11 is 0. The molecule has 2 N–H and O–H groups in total. The fourth-order valence-corrected chi connectivity index (χ4v) is 1.87. The average Bonchev–Trinajstić information content (AvgIpc) is 2.86. The molecule has 96 valence electrons. The molecule has 2 aromatic heterocycles. The van der Waals surface area contributed by atoms with E-state index in [0.29, 0.717) is 5.75 Å². The summed E-state index contributed by atoms with van der Waals surface area (Å²) in [6, 6.07) is 1.54. The summed E-state index contributed by atoms with van der Waals surface area (Å²) in [7, 11) is 1.61. The van der Waals surface area contributed by atoms with Gasteiger partial charge in [-0.3, -0.25) is 4.98 Å². The van der Waals surface area contributed by atoms with E-state index in [-0.39, 0.29) is 6.04 Å². The van der Waals surface area contributed by atoms with Crippen LogP contribution in [0.15, 0.2) is 24.7 Å². The van der Waals surface area contributed by atoms with Crippen molar-refractivity contribution >= 4 is 0 Å². The molecule has 18 heavy (non-hydrogen) atoms. The van der Waals surface area contributed by atoms with Crippen LogP contribution in [0.1, 0.15) is 30.6 Å². The van der Waals surface area contributed by atoms with E-state index in [1.54, 1.807) is 25.7 Å². The van der Waals surface area contributed by atoms with Gasteiger partial charge in [-0.15, -0.1) is 5.10 Å². The third-order valence-electron chi connectivity index (χ3n) is 2.77. The van der Waals surface area contributed by atoms with Gasteiger partial charge in [0.25, 0.3) is 0 Å². The van der Waals surface area contributed by atoms with Gasteiger partial charge < -0.3 is 10.5 Å². The van der Waals surface area contributed by atoms with Crippen LogP contribution in [0.2, 0.25) is 0 Å². The van der Waals surface area contributed by atoms with Crippen LogP contribution in [0, 0.1) is 0 Å². The number of aromatic nitrogens is 4. The maximum absolute atomic E-state index is 6.26. The molecule has 0 aliphatic carbocycles. The molecule has 2 rings (SSSR count). The molecule has 6 nitrogen and oxygen atoms in total. The minimum Gasteiger partial charge on any atom is -0.495 e. The monoisotopic (exact) mass is 247 g/mol. The number of hydrogen-bond acceptors (Lipinski definition) is 5. The topological polar surface area (TPSA) is 78.9 Å². The van der Waals surface area contributed by atoms with Crippen molar-refractivity contribution in [2.75, 3.05) is 7.11 Å². The Labute approximate surface area is 106 Å². The molecule has 2 aromatic rings. The molecule has 0 amide bonds. The quantitative estimate of drug-likeness (QED) is 0.857. The Balaban J connectivity index is 2.35. The van der Waals surface area contributed by atoms with Gasteiger partial charge in [0.2, 0.25) is 0 Å². The van der Waals surface area contributed by atoms with Crippen LogP contribution >= 0.6 is 0 Å². The van der Waals surface area contributed by atoms with E-state index < -0.39 is 0 Å². The van der Waals surface area contributed by atoms with Gasteiger partial charge in [-0.05, 0) is 12.5 Å². The molecule has 0 aliphatic heterocycles. The van der Waals surface area contributed by atoms with Gasteiger partial charge in [0.1, 0.15) is 5.75 Å². The minimum atomic E-state index is -0.315. The first-order chi connectivity index (χ1) is 8.77. The highest BCUT2D eigenvalue weighted by atomic mass is 16.5. The van der Waals surface area contributed by atoms with Crippen molar-refractivity contribution in [2.45, 2.75) is 25.9 Å². The molecule has 0 saturated heterocycles. The van der Waals surface area contributed by atoms with E-state index >= 15 is 0 Å². The fraction of sp³-hybridized carbons (Fsp3) is 0.417. The average molecular weight is 247 g/mol. The first-order valence-corrected chi connectivity index (χ1v) is 5.89. The van der Waals surface area contributed by atoms with Crippen molar-refractivity contribution in [3.8, 4) is 5.75 Å². The summed E-state index contributed by atoms with van der Waals surface area (Å²) in [5.41, 5.74) is 8.02. The molecule has 0 fully saturated rings. The zero-order valence-electron chi connectivity index (χ0n) is 10.6. The minimum absolute atomic E-state index is 0.315. The standard InChI is InChI=1S/C12H17N5O/c1-3-6-17-10(7-15-16-17)12(13)9-4-5-14-8-11(9)18-2/h4-5,7-8,12H,3,6,13H2,1-2H3. The molecule has 0 bridgehead atoms. The van der Waals surface area contributed by atoms with Crippen LogP contribution in [-0.4, -0.2) is 27.1 Å². The Morgan fingerprint density at radius 1 is 1.44 bits per heavy atom. The Morgan fingerprint density at radius 2 is 2.28 bits per heavy atom. The summed E-state index contributed by atoms with van der Waals surface area (Å²) in [5, 5.41) is 7.96. The van der Waals surface area contributed by atoms with E-state index in [1.807, 2.05) is 10.7 Å². The van der Waals surface area contributed by atoms with Crippen LogP contribution in [0.5, 0.6) is 5.75 Å². The number of ether oxygens (including phenoxy) is 1. The number of nitrogens with zero attached hydrogens (tertiary/aromatic N) is 4. The molecule has 0 saturated carbocycles. The Hall–Kier alpha value is -1.95. The molecule has 6 heteroatoms. The Morgan fingerprint density at radius 3 is 3.00 bits per heavy atom. The van der Waals surface area contributed by atoms with Crippen LogP contribution in [-0.2, 0) is 6.54 Å². The first-order valence-electron chi connectivity index (χ1n) is 5.89. The Bertz CT molecular complexity index is 511. The number of methoxy groups -OCH3 is 1. The van der Waals surface area contributed by atoms with Gasteiger partial charge in [-0.25, -0.2) is 4.68 Å². The smallest absolute Gasteiger partial charge is 0.142 e. The molecule has 1 unspecified atom stereocenters. The molecule has 1 atom stereocenters. The largest absolute Gasteiger partial charge is 0.495 e. The lowest BCUT2D eigenvalue weighted by molar-refractivity contribution is 0.404. The number of aryl methyl sites for hydroxylation is 1. The zero-order chi connectivity index (χ0) is 13.0. The highest BCUT2D eigenvalue weighted by molar-refractivity contribution is 5.36. The van der Waals surface area contributed by atoms with Crippen molar-refractivity contribution < 1.29 is 4.74 Å². The van der Waals surface area contributed by atoms with Gasteiger partial charge in [0.15, 0.2) is 0 Å². The molecule has 0 radical (unpaired) electrons. The maximum atomic E-state index is 6.26. The van der Waals surface area contributed by atoms with Gasteiger partial charge in [-0.1, -0.05) is 12.1 Å². The highest BCUT2D eigenvalue weighted by Gasteiger charge is 2.18. The highest BCUT2D eigenvalue weighted by Crippen LogP contribution is 2.26. The summed E-state index contributed by atoms with van der Waals surface area (Å²) < 4.78 is 7.10. The van der Waals surface area contributed by atoms with Gasteiger partial charge >= 0.3 is 0 Å². The summed E-state index contributed by atoms with van der Waals surface area (Å²) in [4.78, 5) is 4.02. The zero-order valence-corrected chi connectivity index (χ0v) is 10.6. The van der Waals surface area contributed by atoms with E-state index in [0.717, 1.165) is 24.2 Å². The van der Waals surface area contributed by atoms with Crippen molar-refractivity contribution in [2.24, 2.45) is 5.73 Å². The van der Waals surface area contributed by atoms with Crippen molar-refractivity contribution in [1.29, 1.82) is 0 Å². The molecular formula is C12H17N5O. The van der Waals surface area contributed by atoms with Crippen LogP contribution < -0.4 is 10.5 Å². The summed E-state index contributed by atoms with van der Waals surface area (Å²) in [5.74, 6) is 0.675. The van der Waals surface area contributed by atoms with Crippen molar-refractivity contribution in [1.82, 2.24) is 20.0 Å². The lowest BCUT2D eigenvalue weighted by Gasteiger charge is -2.15. The van der Waals surface area contributed by atoms with Crippen molar-refractivity contribution in [3.63, 3.8) is 0 Å². The fourth-order valence-electron chi connectivity index (χ4n) is 1.87. The second-order valence-electron chi connectivity index (χ2n) is 3.98. The SMILES string of the molecule is CCCn1nncc1C(N)c1ccncc1OC. The van der Waals surface area contributed by atoms with Gasteiger partial charge in [-0.2, -0.15) is 0 Å². The van der Waals surface area contributed by atoms with Gasteiger partial charge in [0, 0.05) is 18.3 Å². The number of hydrogen-bond donors (Lipinski definition) is 1. The third kappa shape index (κ3) is 2.33. The second-order valence-corrected chi connectivity index (χ2v) is 3.98. The van der Waals surface area contributed by atoms with Gasteiger partial charge in [0.05, 0.1) is 31.2 Å². The molecular weight excluding hydrogens is 230 g/mol. The first kappa shape index (κ1) is 12.5. The van der Waals surface area contributed by atoms with E-state index in [4.69, 9.17) is 10.5 Å². The van der Waals surface area contributed by atoms with Crippen LogP contribution in [0.3, 0.4) is 0 Å². The van der Waals surface area contributed by atoms with Crippen molar-refractivity contribution in [3.05, 3.63) is 35.9 Å². The van der Waals surface area contributed by atoms with E-state index in [2.05, 4.69) is 22.2 Å².